The molecule has 0 aliphatic heterocycles. The molecule has 2 aromatic rings. The Bertz CT molecular complexity index is 636. The van der Waals surface area contributed by atoms with Gasteiger partial charge in [0.15, 0.2) is 0 Å². The van der Waals surface area contributed by atoms with Crippen LogP contribution in [0.15, 0.2) is 24.8 Å². The number of aryl methyl sites for hydroxylation is 1. The Hall–Kier alpha value is -2.28. The van der Waals surface area contributed by atoms with E-state index < -0.39 is 17.9 Å². The Balaban J connectivity index is 2.13. The predicted molar refractivity (Wildman–Crippen MR) is 76.0 cm³/mol. The molecule has 0 saturated carbocycles. The van der Waals surface area contributed by atoms with Crippen LogP contribution in [0.4, 0.5) is 0 Å². The lowest BCUT2D eigenvalue weighted by atomic mass is 10.1. The highest BCUT2D eigenvalue weighted by molar-refractivity contribution is 6.31. The number of aromatic amines is 1. The molecule has 1 amide bonds. The van der Waals surface area contributed by atoms with Crippen LogP contribution < -0.4 is 5.32 Å². The molecule has 0 bridgehead atoms. The van der Waals surface area contributed by atoms with Gasteiger partial charge in [-0.1, -0.05) is 11.6 Å². The Morgan fingerprint density at radius 1 is 1.57 bits per heavy atom. The molecular weight excluding hydrogens is 296 g/mol. The monoisotopic (exact) mass is 310 g/mol. The maximum absolute atomic E-state index is 12.2. The summed E-state index contributed by atoms with van der Waals surface area (Å²) in [7, 11) is 2.97. The molecule has 2 aromatic heterocycles. The smallest absolute Gasteiger partial charge is 0.328 e. The van der Waals surface area contributed by atoms with E-state index in [1.165, 1.54) is 19.5 Å². The maximum Gasteiger partial charge on any atom is 0.328 e. The third kappa shape index (κ3) is 3.63. The molecule has 0 aromatic carbocycles. The molecule has 0 saturated heterocycles. The molecule has 2 N–H and O–H groups in total. The van der Waals surface area contributed by atoms with Crippen molar-refractivity contribution in [2.45, 2.75) is 12.5 Å². The van der Waals surface area contributed by atoms with Gasteiger partial charge >= 0.3 is 5.97 Å². The van der Waals surface area contributed by atoms with Gasteiger partial charge in [-0.05, 0) is 6.07 Å². The van der Waals surface area contributed by atoms with Crippen molar-refractivity contribution in [3.63, 3.8) is 0 Å². The van der Waals surface area contributed by atoms with E-state index >= 15 is 0 Å². The number of rotatable bonds is 5. The van der Waals surface area contributed by atoms with Crippen molar-refractivity contribution >= 4 is 23.5 Å². The Labute approximate surface area is 126 Å². The predicted octanol–water partition coefficient (Wildman–Crippen LogP) is 0.916. The first-order valence-electron chi connectivity index (χ1n) is 6.19. The standard InChI is InChI=1S/C13H15ClN4O3/c1-18-6-8(14)3-11(18)12(19)17-10(13(20)21-2)4-9-5-15-7-16-9/h3,5-7,10H,4H2,1-2H3,(H,15,16)(H,17,19)/t10-/m0/s1. The second-order valence-corrected chi connectivity index (χ2v) is 4.92. The molecule has 21 heavy (non-hydrogen) atoms. The van der Waals surface area contributed by atoms with Gasteiger partial charge in [-0.2, -0.15) is 0 Å². The molecule has 2 rings (SSSR count). The Morgan fingerprint density at radius 2 is 2.33 bits per heavy atom. The molecule has 2 heterocycles. The third-order valence-electron chi connectivity index (χ3n) is 2.97. The van der Waals surface area contributed by atoms with Crippen molar-refractivity contribution < 1.29 is 14.3 Å². The van der Waals surface area contributed by atoms with Crippen molar-refractivity contribution in [1.82, 2.24) is 19.9 Å². The summed E-state index contributed by atoms with van der Waals surface area (Å²) in [5.74, 6) is -0.933. The highest BCUT2D eigenvalue weighted by Crippen LogP contribution is 2.13. The third-order valence-corrected chi connectivity index (χ3v) is 3.18. The number of nitrogens with zero attached hydrogens (tertiary/aromatic N) is 2. The van der Waals surface area contributed by atoms with Crippen molar-refractivity contribution in [2.24, 2.45) is 7.05 Å². The van der Waals surface area contributed by atoms with E-state index in [1.54, 1.807) is 24.0 Å². The lowest BCUT2D eigenvalue weighted by molar-refractivity contribution is -0.142. The molecule has 0 spiro atoms. The zero-order valence-corrected chi connectivity index (χ0v) is 12.3. The number of aromatic nitrogens is 3. The van der Waals surface area contributed by atoms with Crippen molar-refractivity contribution in [1.29, 1.82) is 0 Å². The molecule has 1 atom stereocenters. The van der Waals surface area contributed by atoms with Gasteiger partial charge in [0.2, 0.25) is 0 Å². The van der Waals surface area contributed by atoms with Gasteiger partial charge < -0.3 is 19.6 Å². The summed E-state index contributed by atoms with van der Waals surface area (Å²) in [5, 5.41) is 3.09. The number of halogens is 1. The van der Waals surface area contributed by atoms with Gasteiger partial charge in [-0.15, -0.1) is 0 Å². The number of nitrogens with one attached hydrogen (secondary N) is 2. The fraction of sp³-hybridized carbons (Fsp3) is 0.308. The summed E-state index contributed by atoms with van der Waals surface area (Å²) in [6.45, 7) is 0. The van der Waals surface area contributed by atoms with Crippen LogP contribution in [0.25, 0.3) is 0 Å². The van der Waals surface area contributed by atoms with Crippen LogP contribution in [0.2, 0.25) is 5.02 Å². The summed E-state index contributed by atoms with van der Waals surface area (Å²) in [4.78, 5) is 30.8. The lowest BCUT2D eigenvalue weighted by Gasteiger charge is -2.15. The maximum atomic E-state index is 12.2. The van der Waals surface area contributed by atoms with Gasteiger partial charge in [0.1, 0.15) is 11.7 Å². The zero-order chi connectivity index (χ0) is 15.4. The first kappa shape index (κ1) is 15.1. The quantitative estimate of drug-likeness (QED) is 0.804. The molecular formula is C13H15ClN4O3. The summed E-state index contributed by atoms with van der Waals surface area (Å²) in [6, 6.07) is 0.721. The van der Waals surface area contributed by atoms with Crippen LogP contribution in [0.5, 0.6) is 0 Å². The molecule has 0 fully saturated rings. The number of esters is 1. The van der Waals surface area contributed by atoms with Gasteiger partial charge in [0.25, 0.3) is 5.91 Å². The number of H-pyrrole nitrogens is 1. The second-order valence-electron chi connectivity index (χ2n) is 4.48. The summed E-state index contributed by atoms with van der Waals surface area (Å²) >= 11 is 5.85. The van der Waals surface area contributed by atoms with E-state index in [-0.39, 0.29) is 6.42 Å². The summed E-state index contributed by atoms with van der Waals surface area (Å²) in [5.41, 5.74) is 1.08. The van der Waals surface area contributed by atoms with Crippen LogP contribution >= 0.6 is 11.6 Å². The SMILES string of the molecule is COC(=O)[C@H](Cc1cnc[nH]1)NC(=O)c1cc(Cl)cn1C. The van der Waals surface area contributed by atoms with Gasteiger partial charge in [0.05, 0.1) is 18.5 Å². The molecule has 8 heteroatoms. The van der Waals surface area contributed by atoms with Crippen LogP contribution in [-0.2, 0) is 23.0 Å². The Kier molecular flexibility index (Phi) is 4.64. The lowest BCUT2D eigenvalue weighted by Crippen LogP contribution is -2.43. The number of carbonyl (C=O) groups is 2. The summed E-state index contributed by atoms with van der Waals surface area (Å²) < 4.78 is 6.30. The minimum Gasteiger partial charge on any atom is -0.467 e. The molecule has 0 aliphatic rings. The normalized spacial score (nSPS) is 12.0. The second kappa shape index (κ2) is 6.45. The average molecular weight is 311 g/mol. The molecule has 0 aliphatic carbocycles. The molecule has 0 unspecified atom stereocenters. The van der Waals surface area contributed by atoms with Crippen molar-refractivity contribution in [3.8, 4) is 0 Å². The average Bonchev–Trinajstić information content (AvgIpc) is 3.06. The van der Waals surface area contributed by atoms with Crippen LogP contribution in [0.3, 0.4) is 0 Å². The largest absolute Gasteiger partial charge is 0.467 e. The van der Waals surface area contributed by atoms with Crippen molar-refractivity contribution in [3.05, 3.63) is 41.2 Å². The van der Waals surface area contributed by atoms with Gasteiger partial charge in [0, 0.05) is 31.6 Å². The number of hydrogen-bond donors (Lipinski definition) is 2. The number of hydrogen-bond acceptors (Lipinski definition) is 4. The molecule has 7 nitrogen and oxygen atoms in total. The number of methoxy groups -OCH3 is 1. The van der Waals surface area contributed by atoms with E-state index in [2.05, 4.69) is 15.3 Å². The summed E-state index contributed by atoms with van der Waals surface area (Å²) in [6.07, 6.45) is 4.96. The van der Waals surface area contributed by atoms with Crippen molar-refractivity contribution in [2.75, 3.05) is 7.11 Å². The highest BCUT2D eigenvalue weighted by atomic mass is 35.5. The zero-order valence-electron chi connectivity index (χ0n) is 11.6. The van der Waals surface area contributed by atoms with E-state index in [9.17, 15) is 9.59 Å². The van der Waals surface area contributed by atoms with E-state index in [0.29, 0.717) is 10.7 Å². The fourth-order valence-corrected chi connectivity index (χ4v) is 2.18. The Morgan fingerprint density at radius 3 is 2.86 bits per heavy atom. The molecule has 112 valence electrons. The van der Waals surface area contributed by atoms with E-state index in [1.807, 2.05) is 0 Å². The number of carbonyl (C=O) groups excluding carboxylic acids is 2. The van der Waals surface area contributed by atoms with Gasteiger partial charge in [-0.3, -0.25) is 4.79 Å². The van der Waals surface area contributed by atoms with Crippen LogP contribution in [0.1, 0.15) is 16.2 Å². The van der Waals surface area contributed by atoms with Crippen LogP contribution in [0, 0.1) is 0 Å². The minimum absolute atomic E-state index is 0.260. The minimum atomic E-state index is -0.809. The number of imidazole rings is 1. The van der Waals surface area contributed by atoms with Gasteiger partial charge in [-0.25, -0.2) is 9.78 Å². The topological polar surface area (TPSA) is 89.0 Å². The van der Waals surface area contributed by atoms with E-state index in [0.717, 1.165) is 5.69 Å². The van der Waals surface area contributed by atoms with Crippen LogP contribution in [-0.4, -0.2) is 39.6 Å². The highest BCUT2D eigenvalue weighted by Gasteiger charge is 2.24. The first-order chi connectivity index (χ1) is 10.0. The molecule has 0 radical (unpaired) electrons. The fourth-order valence-electron chi connectivity index (χ4n) is 1.93. The number of amides is 1. The number of ether oxygens (including phenoxy) is 1. The first-order valence-corrected chi connectivity index (χ1v) is 6.57. The van der Waals surface area contributed by atoms with E-state index in [4.69, 9.17) is 16.3 Å².